The number of β-lactam (4-membered cyclic amide) rings is 1. The molecule has 5 rings (SSSR count). The second-order valence-corrected chi connectivity index (χ2v) is 12.8. The van der Waals surface area contributed by atoms with Crippen LogP contribution in [0, 0.1) is 11.8 Å². The van der Waals surface area contributed by atoms with E-state index in [0.29, 0.717) is 59.2 Å². The van der Waals surface area contributed by atoms with Crippen LogP contribution >= 0.6 is 11.8 Å². The SMILES string of the molecule is COc1cc(OC)c(OC)cc1CN1C[C@@H](SC2=C(C(=O)O)N3C(=O)[C@H]([C@@H](C)O)[C@H]3[C@H]2C)C[C@H]1C(=O)Nc1cccc(C=O)c1. The zero-order valence-corrected chi connectivity index (χ0v) is 26.5. The van der Waals surface area contributed by atoms with E-state index >= 15 is 0 Å². The van der Waals surface area contributed by atoms with Crippen LogP contribution in [0.3, 0.4) is 0 Å². The highest BCUT2D eigenvalue weighted by atomic mass is 32.2. The number of nitrogens with one attached hydrogen (secondary N) is 1. The number of ether oxygens (including phenoxy) is 3. The standard InChI is InChI=1S/C32H37N3O9S/c1-16-27-26(17(2)37)31(39)35(27)28(32(40)41)29(16)45-21-11-22(30(38)33-20-8-6-7-18(9-20)15-36)34(14-21)13-19-10-24(43-4)25(44-5)12-23(19)42-3/h6-10,12,15-17,21-22,26-27,37H,11,13-14H2,1-5H3,(H,33,38)(H,40,41)/t16-,17-,21+,22+,26-,27-/m1/s1. The van der Waals surface area contributed by atoms with E-state index in [0.717, 1.165) is 5.56 Å². The Kier molecular flexibility index (Phi) is 9.42. The second kappa shape index (κ2) is 13.1. The molecule has 240 valence electrons. The smallest absolute Gasteiger partial charge is 0.353 e. The molecule has 2 fully saturated rings. The summed E-state index contributed by atoms with van der Waals surface area (Å²) in [5.74, 6) is -1.27. The Hall–Kier alpha value is -4.07. The van der Waals surface area contributed by atoms with E-state index in [1.807, 2.05) is 11.8 Å². The molecule has 6 atom stereocenters. The first-order valence-corrected chi connectivity index (χ1v) is 15.4. The predicted octanol–water partition coefficient (Wildman–Crippen LogP) is 2.99. The number of carbonyl (C=O) groups is 4. The second-order valence-electron chi connectivity index (χ2n) is 11.4. The van der Waals surface area contributed by atoms with E-state index in [2.05, 4.69) is 5.32 Å². The number of methoxy groups -OCH3 is 3. The number of hydrogen-bond acceptors (Lipinski definition) is 10. The fraction of sp³-hybridized carbons (Fsp3) is 0.438. The van der Waals surface area contributed by atoms with Crippen molar-refractivity contribution < 1.29 is 43.6 Å². The lowest BCUT2D eigenvalue weighted by atomic mass is 9.79. The van der Waals surface area contributed by atoms with Crippen LogP contribution in [0.5, 0.6) is 17.2 Å². The highest BCUT2D eigenvalue weighted by molar-refractivity contribution is 8.03. The Bertz CT molecular complexity index is 1540. The molecule has 0 spiro atoms. The van der Waals surface area contributed by atoms with Gasteiger partial charge in [0, 0.05) is 52.0 Å². The van der Waals surface area contributed by atoms with Gasteiger partial charge in [-0.25, -0.2) is 4.79 Å². The molecule has 12 nitrogen and oxygen atoms in total. The zero-order valence-electron chi connectivity index (χ0n) is 25.7. The number of carboxylic acid groups (broad SMARTS) is 1. The first kappa shape index (κ1) is 32.3. The molecule has 0 saturated carbocycles. The fourth-order valence-corrected chi connectivity index (χ4v) is 8.16. The lowest BCUT2D eigenvalue weighted by Gasteiger charge is -2.46. The summed E-state index contributed by atoms with van der Waals surface area (Å²) in [6, 6.07) is 9.12. The number of rotatable bonds is 12. The molecule has 0 bridgehead atoms. The van der Waals surface area contributed by atoms with Crippen LogP contribution in [-0.2, 0) is 20.9 Å². The Morgan fingerprint density at radius 1 is 1.11 bits per heavy atom. The van der Waals surface area contributed by atoms with E-state index in [1.54, 1.807) is 50.4 Å². The number of aliphatic hydroxyl groups is 1. The van der Waals surface area contributed by atoms with Crippen LogP contribution in [0.2, 0.25) is 0 Å². The zero-order chi connectivity index (χ0) is 32.6. The maximum absolute atomic E-state index is 13.8. The number of carboxylic acids is 1. The van der Waals surface area contributed by atoms with Crippen molar-refractivity contribution in [1.82, 2.24) is 9.80 Å². The van der Waals surface area contributed by atoms with E-state index in [1.165, 1.54) is 30.9 Å². The fourth-order valence-electron chi connectivity index (χ4n) is 6.60. The number of likely N-dealkylation sites (tertiary alicyclic amines) is 1. The molecule has 3 aliphatic heterocycles. The molecular weight excluding hydrogens is 602 g/mol. The molecule has 0 aliphatic carbocycles. The number of aliphatic hydroxyl groups excluding tert-OH is 1. The van der Waals surface area contributed by atoms with Gasteiger partial charge >= 0.3 is 5.97 Å². The average Bonchev–Trinajstić information content (AvgIpc) is 3.52. The number of benzene rings is 2. The van der Waals surface area contributed by atoms with Crippen molar-refractivity contribution in [2.75, 3.05) is 33.2 Å². The van der Waals surface area contributed by atoms with Crippen molar-refractivity contribution in [2.45, 2.75) is 50.3 Å². The Balaban J connectivity index is 1.45. The third-order valence-corrected chi connectivity index (χ3v) is 10.2. The van der Waals surface area contributed by atoms with E-state index in [4.69, 9.17) is 14.2 Å². The molecule has 0 radical (unpaired) electrons. The molecule has 0 aromatic heterocycles. The molecule has 3 N–H and O–H groups in total. The number of fused-ring (bicyclic) bond motifs is 1. The van der Waals surface area contributed by atoms with Gasteiger partial charge in [-0.15, -0.1) is 11.8 Å². The lowest BCUT2D eigenvalue weighted by molar-refractivity contribution is -0.163. The summed E-state index contributed by atoms with van der Waals surface area (Å²) in [5.41, 5.74) is 1.62. The van der Waals surface area contributed by atoms with Crippen molar-refractivity contribution >= 4 is 41.5 Å². The molecule has 0 unspecified atom stereocenters. The summed E-state index contributed by atoms with van der Waals surface area (Å²) in [6.45, 7) is 4.16. The van der Waals surface area contributed by atoms with Gasteiger partial charge in [0.1, 0.15) is 17.7 Å². The first-order chi connectivity index (χ1) is 21.5. The summed E-state index contributed by atoms with van der Waals surface area (Å²) in [5, 5.41) is 23.1. The van der Waals surface area contributed by atoms with Crippen molar-refractivity contribution in [1.29, 1.82) is 0 Å². The van der Waals surface area contributed by atoms with Crippen molar-refractivity contribution in [3.63, 3.8) is 0 Å². The van der Waals surface area contributed by atoms with Gasteiger partial charge in [0.2, 0.25) is 11.8 Å². The summed E-state index contributed by atoms with van der Waals surface area (Å²) in [4.78, 5) is 54.2. The number of thioether (sulfide) groups is 1. The minimum atomic E-state index is -1.20. The van der Waals surface area contributed by atoms with Gasteiger partial charge in [0.05, 0.1) is 45.4 Å². The summed E-state index contributed by atoms with van der Waals surface area (Å²) in [6.07, 6.45) is 0.200. The van der Waals surface area contributed by atoms with Gasteiger partial charge in [0.25, 0.3) is 0 Å². The first-order valence-electron chi connectivity index (χ1n) is 14.6. The molecule has 3 aliphatic rings. The number of carbonyl (C=O) groups excluding carboxylic acids is 3. The molecule has 2 amide bonds. The lowest BCUT2D eigenvalue weighted by Crippen LogP contribution is -2.63. The number of hydrogen-bond donors (Lipinski definition) is 3. The van der Waals surface area contributed by atoms with Crippen LogP contribution in [0.4, 0.5) is 5.69 Å². The molecule has 45 heavy (non-hydrogen) atoms. The maximum atomic E-state index is 13.8. The van der Waals surface area contributed by atoms with Gasteiger partial charge in [-0.05, 0) is 31.5 Å². The van der Waals surface area contributed by atoms with Crippen LogP contribution in [-0.4, -0.2) is 95.4 Å². The number of anilines is 1. The summed E-state index contributed by atoms with van der Waals surface area (Å²) >= 11 is 1.37. The van der Waals surface area contributed by atoms with Crippen molar-refractivity contribution in [2.24, 2.45) is 11.8 Å². The van der Waals surface area contributed by atoms with Gasteiger partial charge < -0.3 is 34.6 Å². The minimum absolute atomic E-state index is 0.0499. The Labute approximate surface area is 265 Å². The van der Waals surface area contributed by atoms with Crippen molar-refractivity contribution in [3.8, 4) is 17.2 Å². The van der Waals surface area contributed by atoms with E-state index < -0.39 is 36.0 Å². The summed E-state index contributed by atoms with van der Waals surface area (Å²) < 4.78 is 16.6. The van der Waals surface area contributed by atoms with Gasteiger partial charge in [0.15, 0.2) is 11.5 Å². The van der Waals surface area contributed by atoms with E-state index in [9.17, 15) is 29.4 Å². The highest BCUT2D eigenvalue weighted by Gasteiger charge is 2.60. The van der Waals surface area contributed by atoms with Crippen LogP contribution in [0.15, 0.2) is 47.0 Å². The molecule has 2 saturated heterocycles. The molecule has 13 heteroatoms. The number of aldehydes is 1. The van der Waals surface area contributed by atoms with Crippen LogP contribution in [0.25, 0.3) is 0 Å². The normalized spacial score (nSPS) is 25.0. The molecule has 3 heterocycles. The molecule has 2 aromatic carbocycles. The third kappa shape index (κ3) is 5.99. The van der Waals surface area contributed by atoms with Gasteiger partial charge in [-0.3, -0.25) is 19.3 Å². The quantitative estimate of drug-likeness (QED) is 0.232. The Morgan fingerprint density at radius 3 is 2.42 bits per heavy atom. The third-order valence-electron chi connectivity index (χ3n) is 8.72. The number of amides is 2. The molecule has 2 aromatic rings. The van der Waals surface area contributed by atoms with Gasteiger partial charge in [-0.2, -0.15) is 0 Å². The topological polar surface area (TPSA) is 155 Å². The number of nitrogens with zero attached hydrogens (tertiary/aromatic N) is 2. The number of aliphatic carboxylic acids is 1. The van der Waals surface area contributed by atoms with Crippen LogP contribution < -0.4 is 19.5 Å². The highest BCUT2D eigenvalue weighted by Crippen LogP contribution is 2.52. The summed E-state index contributed by atoms with van der Waals surface area (Å²) in [7, 11) is 4.61. The monoisotopic (exact) mass is 639 g/mol. The maximum Gasteiger partial charge on any atom is 0.353 e. The van der Waals surface area contributed by atoms with E-state index in [-0.39, 0.29) is 22.8 Å². The largest absolute Gasteiger partial charge is 0.496 e. The molecular formula is C32H37N3O9S. The average molecular weight is 640 g/mol. The Morgan fingerprint density at radius 2 is 1.80 bits per heavy atom. The van der Waals surface area contributed by atoms with Crippen molar-refractivity contribution in [3.05, 3.63) is 58.1 Å². The van der Waals surface area contributed by atoms with Gasteiger partial charge in [-0.1, -0.05) is 19.1 Å². The predicted molar refractivity (Wildman–Crippen MR) is 166 cm³/mol. The minimum Gasteiger partial charge on any atom is -0.496 e. The van der Waals surface area contributed by atoms with Crippen LogP contribution in [0.1, 0.15) is 36.2 Å².